The molecule has 9 heteroatoms. The van der Waals surface area contributed by atoms with Crippen LogP contribution in [0, 0.1) is 5.92 Å². The molecule has 0 saturated carbocycles. The second kappa shape index (κ2) is 8.52. The highest BCUT2D eigenvalue weighted by atomic mass is 32.2. The van der Waals surface area contributed by atoms with E-state index >= 15 is 0 Å². The van der Waals surface area contributed by atoms with Crippen LogP contribution in [0.4, 0.5) is 5.69 Å². The number of carbonyl (C=O) groups is 3. The van der Waals surface area contributed by atoms with E-state index in [1.807, 2.05) is 31.2 Å². The molecule has 158 valence electrons. The molecule has 0 aromatic heterocycles. The Labute approximate surface area is 170 Å². The summed E-state index contributed by atoms with van der Waals surface area (Å²) in [5, 5.41) is 2.62. The number of hydrogen-bond acceptors (Lipinski definition) is 6. The van der Waals surface area contributed by atoms with Gasteiger partial charge in [0.1, 0.15) is 0 Å². The molecular weight excluding hydrogens is 396 g/mol. The zero-order valence-corrected chi connectivity index (χ0v) is 17.4. The van der Waals surface area contributed by atoms with E-state index in [2.05, 4.69) is 5.32 Å². The molecule has 0 radical (unpaired) electrons. The number of nitrogens with one attached hydrogen (secondary N) is 1. The van der Waals surface area contributed by atoms with E-state index in [0.29, 0.717) is 6.42 Å². The number of sulfone groups is 1. The summed E-state index contributed by atoms with van der Waals surface area (Å²) in [6.45, 7) is 3.66. The minimum Gasteiger partial charge on any atom is -0.452 e. The molecule has 2 fully saturated rings. The molecule has 2 amide bonds. The van der Waals surface area contributed by atoms with Crippen LogP contribution in [0.5, 0.6) is 0 Å². The van der Waals surface area contributed by atoms with Gasteiger partial charge in [0.25, 0.3) is 5.91 Å². The van der Waals surface area contributed by atoms with Crippen molar-refractivity contribution in [1.29, 1.82) is 0 Å². The molecule has 2 aliphatic heterocycles. The van der Waals surface area contributed by atoms with Gasteiger partial charge in [0.05, 0.1) is 17.4 Å². The van der Waals surface area contributed by atoms with E-state index in [0.717, 1.165) is 17.7 Å². The summed E-state index contributed by atoms with van der Waals surface area (Å²) in [4.78, 5) is 38.8. The van der Waals surface area contributed by atoms with E-state index in [1.165, 1.54) is 6.92 Å². The maximum absolute atomic E-state index is 12.5. The smallest absolute Gasteiger partial charge is 0.312 e. The van der Waals surface area contributed by atoms with E-state index < -0.39 is 39.8 Å². The van der Waals surface area contributed by atoms with Gasteiger partial charge >= 0.3 is 5.97 Å². The maximum Gasteiger partial charge on any atom is 0.312 e. The van der Waals surface area contributed by atoms with Crippen molar-refractivity contribution in [2.45, 2.75) is 45.3 Å². The number of ether oxygens (including phenoxy) is 1. The summed E-state index contributed by atoms with van der Waals surface area (Å²) in [6.07, 6.45) is 0.102. The number of para-hydroxylation sites is 1. The fourth-order valence-electron chi connectivity index (χ4n) is 3.72. The Bertz CT molecular complexity index is 913. The van der Waals surface area contributed by atoms with Crippen molar-refractivity contribution in [3.8, 4) is 0 Å². The van der Waals surface area contributed by atoms with Gasteiger partial charge < -0.3 is 15.0 Å². The Hall–Kier alpha value is -2.42. The third-order valence-electron chi connectivity index (χ3n) is 5.36. The molecule has 1 aromatic rings. The van der Waals surface area contributed by atoms with Crippen LogP contribution in [-0.2, 0) is 35.4 Å². The summed E-state index contributed by atoms with van der Waals surface area (Å²) >= 11 is 0. The number of hydrogen-bond donors (Lipinski definition) is 1. The molecule has 8 nitrogen and oxygen atoms in total. The lowest BCUT2D eigenvalue weighted by atomic mass is 10.1. The lowest BCUT2D eigenvalue weighted by Gasteiger charge is -2.20. The van der Waals surface area contributed by atoms with Crippen molar-refractivity contribution in [3.05, 3.63) is 29.8 Å². The van der Waals surface area contributed by atoms with Crippen molar-refractivity contribution in [3.63, 3.8) is 0 Å². The van der Waals surface area contributed by atoms with Gasteiger partial charge in [-0.1, -0.05) is 25.1 Å². The number of esters is 1. The van der Waals surface area contributed by atoms with E-state index in [4.69, 9.17) is 4.74 Å². The molecule has 0 spiro atoms. The zero-order chi connectivity index (χ0) is 21.2. The molecule has 2 saturated heterocycles. The first-order chi connectivity index (χ1) is 13.7. The van der Waals surface area contributed by atoms with Gasteiger partial charge in [-0.25, -0.2) is 8.42 Å². The predicted molar refractivity (Wildman–Crippen MR) is 107 cm³/mol. The number of aryl methyl sites for hydroxylation is 1. The zero-order valence-electron chi connectivity index (χ0n) is 16.6. The van der Waals surface area contributed by atoms with Crippen LogP contribution in [-0.4, -0.2) is 56.4 Å². The predicted octanol–water partition coefficient (Wildman–Crippen LogP) is 0.837. The van der Waals surface area contributed by atoms with E-state index in [1.54, 1.807) is 4.90 Å². The summed E-state index contributed by atoms with van der Waals surface area (Å²) < 4.78 is 28.3. The molecule has 1 N–H and O–H groups in total. The van der Waals surface area contributed by atoms with Crippen molar-refractivity contribution in [2.24, 2.45) is 5.92 Å². The second-order valence-corrected chi connectivity index (χ2v) is 9.80. The van der Waals surface area contributed by atoms with Crippen molar-refractivity contribution in [1.82, 2.24) is 5.32 Å². The van der Waals surface area contributed by atoms with Crippen LogP contribution in [0.1, 0.15) is 32.3 Å². The third kappa shape index (κ3) is 4.95. The maximum atomic E-state index is 12.5. The van der Waals surface area contributed by atoms with Gasteiger partial charge in [0, 0.05) is 24.7 Å². The Morgan fingerprint density at radius 1 is 1.31 bits per heavy atom. The van der Waals surface area contributed by atoms with Gasteiger partial charge in [-0.3, -0.25) is 14.4 Å². The van der Waals surface area contributed by atoms with Gasteiger partial charge in [-0.2, -0.15) is 0 Å². The third-order valence-corrected chi connectivity index (χ3v) is 7.13. The number of rotatable bonds is 6. The molecule has 0 aliphatic carbocycles. The van der Waals surface area contributed by atoms with Crippen LogP contribution < -0.4 is 10.2 Å². The average molecular weight is 423 g/mol. The minimum atomic E-state index is -3.11. The Morgan fingerprint density at radius 3 is 2.69 bits per heavy atom. The van der Waals surface area contributed by atoms with Crippen LogP contribution in [0.3, 0.4) is 0 Å². The Morgan fingerprint density at radius 2 is 2.03 bits per heavy atom. The summed E-state index contributed by atoms with van der Waals surface area (Å²) in [5.74, 6) is -1.97. The number of amides is 2. The lowest BCUT2D eigenvalue weighted by Crippen LogP contribution is -2.43. The van der Waals surface area contributed by atoms with Gasteiger partial charge in [-0.05, 0) is 31.4 Å². The second-order valence-electron chi connectivity index (χ2n) is 7.58. The highest BCUT2D eigenvalue weighted by Gasteiger charge is 2.38. The highest BCUT2D eigenvalue weighted by Crippen LogP contribution is 2.29. The van der Waals surface area contributed by atoms with Crippen LogP contribution in [0.2, 0.25) is 0 Å². The van der Waals surface area contributed by atoms with E-state index in [-0.39, 0.29) is 30.4 Å². The first-order valence-electron chi connectivity index (χ1n) is 9.79. The van der Waals surface area contributed by atoms with Gasteiger partial charge in [-0.15, -0.1) is 0 Å². The molecule has 0 bridgehead atoms. The number of carbonyl (C=O) groups excluding carboxylic acids is 3. The van der Waals surface area contributed by atoms with Crippen molar-refractivity contribution in [2.75, 3.05) is 23.0 Å². The number of nitrogens with zero attached hydrogens (tertiary/aromatic N) is 1. The topological polar surface area (TPSA) is 110 Å². The van der Waals surface area contributed by atoms with E-state index in [9.17, 15) is 22.8 Å². The van der Waals surface area contributed by atoms with Crippen LogP contribution in [0.25, 0.3) is 0 Å². The number of anilines is 1. The largest absolute Gasteiger partial charge is 0.452 e. The Balaban J connectivity index is 1.57. The molecular formula is C20H26N2O6S. The fraction of sp³-hybridized carbons (Fsp3) is 0.550. The van der Waals surface area contributed by atoms with Crippen LogP contribution in [0.15, 0.2) is 24.3 Å². The minimum absolute atomic E-state index is 0.0338. The number of benzene rings is 1. The molecule has 29 heavy (non-hydrogen) atoms. The summed E-state index contributed by atoms with van der Waals surface area (Å²) in [6, 6.07) is 7.11. The quantitative estimate of drug-likeness (QED) is 0.680. The normalized spacial score (nSPS) is 24.3. The molecule has 3 rings (SSSR count). The molecule has 2 aliphatic rings. The lowest BCUT2D eigenvalue weighted by molar-refractivity contribution is -0.158. The first kappa shape index (κ1) is 21.3. The standard InChI is InChI=1S/C20H26N2O6S/c1-3-14-6-4-5-7-17(14)22-11-15(10-18(22)23)20(25)28-13(2)19(24)21-16-8-9-29(26,27)12-16/h4-7,13,15-16H,3,8-12H2,1-2H3,(H,21,24)/t13-,15+,16+/m0/s1. The van der Waals surface area contributed by atoms with Gasteiger partial charge in [0.2, 0.25) is 5.91 Å². The molecule has 2 heterocycles. The molecule has 3 atom stereocenters. The molecule has 1 aromatic carbocycles. The highest BCUT2D eigenvalue weighted by molar-refractivity contribution is 7.91. The van der Waals surface area contributed by atoms with Crippen molar-refractivity contribution < 1.29 is 27.5 Å². The van der Waals surface area contributed by atoms with Gasteiger partial charge in [0.15, 0.2) is 15.9 Å². The summed E-state index contributed by atoms with van der Waals surface area (Å²) in [5.41, 5.74) is 1.82. The molecule has 0 unspecified atom stereocenters. The average Bonchev–Trinajstić information content (AvgIpc) is 3.23. The SMILES string of the molecule is CCc1ccccc1N1C[C@H](C(=O)O[C@@H](C)C(=O)N[C@@H]2CCS(=O)(=O)C2)CC1=O. The summed E-state index contributed by atoms with van der Waals surface area (Å²) in [7, 11) is -3.11. The first-order valence-corrected chi connectivity index (χ1v) is 11.6. The fourth-order valence-corrected chi connectivity index (χ4v) is 5.40. The van der Waals surface area contributed by atoms with Crippen molar-refractivity contribution >= 4 is 33.3 Å². The Kier molecular flexibility index (Phi) is 6.26. The monoisotopic (exact) mass is 422 g/mol. The van der Waals surface area contributed by atoms with Crippen LogP contribution >= 0.6 is 0 Å².